The van der Waals surface area contributed by atoms with Crippen LogP contribution in [0.1, 0.15) is 41.9 Å². The third-order valence-corrected chi connectivity index (χ3v) is 6.93. The molecular weight excluding hydrogens is 423 g/mol. The lowest BCUT2D eigenvalue weighted by Gasteiger charge is -2.30. The number of rotatable bonds is 7. The predicted octanol–water partition coefficient (Wildman–Crippen LogP) is 3.18. The van der Waals surface area contributed by atoms with Crippen LogP contribution < -0.4 is 0 Å². The fourth-order valence-electron chi connectivity index (χ4n) is 5.18. The van der Waals surface area contributed by atoms with Crippen LogP contribution in [0.25, 0.3) is 0 Å². The van der Waals surface area contributed by atoms with E-state index in [1.165, 1.54) is 18.1 Å². The molecule has 33 heavy (non-hydrogen) atoms. The number of halogens is 1. The van der Waals surface area contributed by atoms with Gasteiger partial charge in [0.1, 0.15) is 5.82 Å². The van der Waals surface area contributed by atoms with E-state index in [1.54, 1.807) is 23.1 Å². The van der Waals surface area contributed by atoms with E-state index in [-0.39, 0.29) is 55.4 Å². The fraction of sp³-hybridized carbons (Fsp3) is 0.423. The lowest BCUT2D eigenvalue weighted by atomic mass is 9.74. The van der Waals surface area contributed by atoms with E-state index in [4.69, 9.17) is 4.74 Å². The first-order valence-electron chi connectivity index (χ1n) is 11.3. The van der Waals surface area contributed by atoms with Crippen LogP contribution in [0.4, 0.5) is 4.39 Å². The molecule has 2 aromatic carbocycles. The Kier molecular flexibility index (Phi) is 6.61. The number of ether oxygens (including phenoxy) is 1. The molecule has 0 spiro atoms. The number of benzene rings is 2. The number of likely N-dealkylation sites (tertiary alicyclic amines) is 2. The van der Waals surface area contributed by atoms with Crippen LogP contribution in [-0.2, 0) is 24.5 Å². The van der Waals surface area contributed by atoms with Crippen molar-refractivity contribution in [2.75, 3.05) is 33.4 Å². The molecule has 7 heteroatoms. The van der Waals surface area contributed by atoms with Crippen molar-refractivity contribution in [1.82, 2.24) is 9.80 Å². The third-order valence-electron chi connectivity index (χ3n) is 6.93. The summed E-state index contributed by atoms with van der Waals surface area (Å²) in [4.78, 5) is 42.8. The first-order valence-corrected chi connectivity index (χ1v) is 11.3. The normalized spacial score (nSPS) is 22.9. The summed E-state index contributed by atoms with van der Waals surface area (Å²) in [6.45, 7) is 3.19. The summed E-state index contributed by atoms with van der Waals surface area (Å²) in [6.07, 6.45) is 0.531. The Morgan fingerprint density at radius 3 is 2.61 bits per heavy atom. The van der Waals surface area contributed by atoms with Gasteiger partial charge >= 0.3 is 0 Å². The van der Waals surface area contributed by atoms with E-state index < -0.39 is 5.41 Å². The molecule has 4 rings (SSSR count). The van der Waals surface area contributed by atoms with Crippen molar-refractivity contribution in [2.24, 2.45) is 0 Å². The molecule has 2 atom stereocenters. The van der Waals surface area contributed by atoms with Crippen molar-refractivity contribution < 1.29 is 23.5 Å². The number of carbonyl (C=O) groups is 3. The molecule has 0 N–H and O–H groups in total. The van der Waals surface area contributed by atoms with Crippen LogP contribution >= 0.6 is 0 Å². The molecule has 0 radical (unpaired) electrons. The van der Waals surface area contributed by atoms with Crippen LogP contribution in [0.3, 0.4) is 0 Å². The molecule has 0 aliphatic carbocycles. The molecule has 6 nitrogen and oxygen atoms in total. The summed E-state index contributed by atoms with van der Waals surface area (Å²) in [5, 5.41) is 0. The van der Waals surface area contributed by atoms with Crippen molar-refractivity contribution in [3.63, 3.8) is 0 Å². The van der Waals surface area contributed by atoms with E-state index in [1.807, 2.05) is 31.2 Å². The number of hydrogen-bond acceptors (Lipinski definition) is 4. The van der Waals surface area contributed by atoms with Gasteiger partial charge in [0.15, 0.2) is 0 Å². The Labute approximate surface area is 193 Å². The van der Waals surface area contributed by atoms with Crippen molar-refractivity contribution >= 4 is 17.7 Å². The molecule has 174 valence electrons. The molecule has 2 heterocycles. The average Bonchev–Trinajstić information content (AvgIpc) is 3.37. The highest BCUT2D eigenvalue weighted by molar-refractivity contribution is 6.11. The van der Waals surface area contributed by atoms with Crippen LogP contribution in [0, 0.1) is 12.7 Å². The van der Waals surface area contributed by atoms with E-state index in [2.05, 4.69) is 0 Å². The van der Waals surface area contributed by atoms with Crippen LogP contribution in [0.5, 0.6) is 0 Å². The Morgan fingerprint density at radius 1 is 1.15 bits per heavy atom. The maximum absolute atomic E-state index is 14.3. The Morgan fingerprint density at radius 2 is 1.88 bits per heavy atom. The molecule has 2 saturated heterocycles. The maximum atomic E-state index is 14.3. The minimum atomic E-state index is -1.23. The summed E-state index contributed by atoms with van der Waals surface area (Å²) < 4.78 is 19.3. The van der Waals surface area contributed by atoms with Gasteiger partial charge in [-0.05, 0) is 36.1 Å². The van der Waals surface area contributed by atoms with Crippen LogP contribution in [-0.4, -0.2) is 60.9 Å². The predicted molar refractivity (Wildman–Crippen MR) is 121 cm³/mol. The summed E-state index contributed by atoms with van der Waals surface area (Å²) in [7, 11) is 1.52. The standard InChI is InChI=1S/C26H29FN2O4/c1-18-7-3-5-9-21(18)26(16-24(31)29(25(26)32)13-14-33-2)15-23(30)28-12-11-19(17-28)20-8-4-6-10-22(20)27/h3-10,19H,11-17H2,1-2H3/t19-,26-/m1/s1. The summed E-state index contributed by atoms with van der Waals surface area (Å²) >= 11 is 0. The lowest BCUT2D eigenvalue weighted by molar-refractivity contribution is -0.143. The number of nitrogens with zero attached hydrogens (tertiary/aromatic N) is 2. The highest BCUT2D eigenvalue weighted by Crippen LogP contribution is 2.42. The van der Waals surface area contributed by atoms with Crippen molar-refractivity contribution in [3.05, 3.63) is 71.0 Å². The summed E-state index contributed by atoms with van der Waals surface area (Å²) in [6, 6.07) is 14.1. The van der Waals surface area contributed by atoms with Crippen LogP contribution in [0.2, 0.25) is 0 Å². The largest absolute Gasteiger partial charge is 0.383 e. The van der Waals surface area contributed by atoms with E-state index in [0.717, 1.165) is 5.56 Å². The molecule has 0 saturated carbocycles. The Balaban J connectivity index is 1.60. The van der Waals surface area contributed by atoms with Crippen LogP contribution in [0.15, 0.2) is 48.5 Å². The van der Waals surface area contributed by atoms with Gasteiger partial charge in [0.25, 0.3) is 0 Å². The number of hydrogen-bond donors (Lipinski definition) is 0. The smallest absolute Gasteiger partial charge is 0.240 e. The van der Waals surface area contributed by atoms with Gasteiger partial charge in [0.05, 0.1) is 18.6 Å². The third kappa shape index (κ3) is 4.29. The van der Waals surface area contributed by atoms with E-state index in [0.29, 0.717) is 30.6 Å². The second-order valence-electron chi connectivity index (χ2n) is 8.94. The number of carbonyl (C=O) groups excluding carboxylic acids is 3. The van der Waals surface area contributed by atoms with Gasteiger partial charge in [-0.15, -0.1) is 0 Å². The molecule has 2 fully saturated rings. The molecule has 2 aromatic rings. The molecule has 3 amide bonds. The van der Waals surface area contributed by atoms with Gasteiger partial charge in [0, 0.05) is 39.0 Å². The minimum absolute atomic E-state index is 0.0449. The number of aryl methyl sites for hydroxylation is 1. The number of methoxy groups -OCH3 is 1. The second kappa shape index (κ2) is 9.43. The van der Waals surface area contributed by atoms with Gasteiger partial charge in [-0.25, -0.2) is 4.39 Å². The lowest BCUT2D eigenvalue weighted by Crippen LogP contribution is -2.44. The zero-order valence-electron chi connectivity index (χ0n) is 19.1. The first-order chi connectivity index (χ1) is 15.9. The zero-order chi connectivity index (χ0) is 23.6. The summed E-state index contributed by atoms with van der Waals surface area (Å²) in [5.74, 6) is -1.18. The molecular formula is C26H29FN2O4. The minimum Gasteiger partial charge on any atom is -0.383 e. The number of imide groups is 1. The quantitative estimate of drug-likeness (QED) is 0.606. The number of amides is 3. The van der Waals surface area contributed by atoms with Gasteiger partial charge in [0.2, 0.25) is 17.7 Å². The highest BCUT2D eigenvalue weighted by atomic mass is 19.1. The zero-order valence-corrected chi connectivity index (χ0v) is 19.1. The van der Waals surface area contributed by atoms with Gasteiger partial charge < -0.3 is 9.64 Å². The highest BCUT2D eigenvalue weighted by Gasteiger charge is 2.54. The first kappa shape index (κ1) is 23.1. The maximum Gasteiger partial charge on any atom is 0.240 e. The molecule has 0 bridgehead atoms. The Hall–Kier alpha value is -3.06. The SMILES string of the molecule is COCCN1C(=O)C[C@](CC(=O)N2CC[C@@H](c3ccccc3F)C2)(c2ccccc2C)C1=O. The van der Waals surface area contributed by atoms with Crippen molar-refractivity contribution in [1.29, 1.82) is 0 Å². The van der Waals surface area contributed by atoms with E-state index in [9.17, 15) is 18.8 Å². The van der Waals surface area contributed by atoms with Crippen molar-refractivity contribution in [2.45, 2.75) is 37.5 Å². The topological polar surface area (TPSA) is 66.9 Å². The monoisotopic (exact) mass is 452 g/mol. The molecule has 0 unspecified atom stereocenters. The van der Waals surface area contributed by atoms with Gasteiger partial charge in [-0.2, -0.15) is 0 Å². The second-order valence-corrected chi connectivity index (χ2v) is 8.94. The van der Waals surface area contributed by atoms with Gasteiger partial charge in [-0.3, -0.25) is 19.3 Å². The van der Waals surface area contributed by atoms with Gasteiger partial charge in [-0.1, -0.05) is 42.5 Å². The molecule has 2 aliphatic heterocycles. The summed E-state index contributed by atoms with van der Waals surface area (Å²) in [5.41, 5.74) is 0.954. The van der Waals surface area contributed by atoms with Crippen molar-refractivity contribution in [3.8, 4) is 0 Å². The fourth-order valence-corrected chi connectivity index (χ4v) is 5.18. The Bertz CT molecular complexity index is 1070. The average molecular weight is 453 g/mol. The molecule has 0 aromatic heterocycles. The van der Waals surface area contributed by atoms with E-state index >= 15 is 0 Å². The molecule has 2 aliphatic rings.